The maximum Gasteiger partial charge on any atom is 0.409 e. The minimum Gasteiger partial charge on any atom is -0.464 e. The van der Waals surface area contributed by atoms with Gasteiger partial charge >= 0.3 is 19.7 Å². The Bertz CT molecular complexity index is 1400. The van der Waals surface area contributed by atoms with Crippen LogP contribution in [0.5, 0.6) is 0 Å². The van der Waals surface area contributed by atoms with Crippen LogP contribution in [0.2, 0.25) is 0 Å². The second-order valence-electron chi connectivity index (χ2n) is 11.5. The molecule has 0 amide bonds. The molecule has 244 valence electrons. The Balaban J connectivity index is 1.79. The number of aliphatic hydroxyl groups is 2. The standard InChI is InChI=1S/C27H41N6O10P/c1-7-17(8-2)11-39-24(36)16(3)32-44(38,42-15-40-25(37)26(4,5)6)41-12-19-21(34)22(35)27(13-28,43-19)20-10-9-18-23(29)30-14-31-33(18)20/h9-10,14,16-17,19,21-22,34-35H,7-8,11-12,15H2,1-6H3,(H,32,38)(H2,29,30,31)/t16-,19+,21+,22+,27-,44?/m0/s1. The lowest BCUT2D eigenvalue weighted by atomic mass is 9.92. The molecule has 3 heterocycles. The molecule has 0 radical (unpaired) electrons. The fourth-order valence-electron chi connectivity index (χ4n) is 4.34. The molecule has 0 bridgehead atoms. The van der Waals surface area contributed by atoms with Gasteiger partial charge in [0.25, 0.3) is 0 Å². The summed E-state index contributed by atoms with van der Waals surface area (Å²) >= 11 is 0. The minimum atomic E-state index is -4.48. The van der Waals surface area contributed by atoms with Gasteiger partial charge in [-0.05, 0) is 45.7 Å². The van der Waals surface area contributed by atoms with Crippen LogP contribution in [0.3, 0.4) is 0 Å². The van der Waals surface area contributed by atoms with Crippen molar-refractivity contribution in [3.63, 3.8) is 0 Å². The quantitative estimate of drug-likeness (QED) is 0.131. The van der Waals surface area contributed by atoms with Crippen LogP contribution in [-0.4, -0.2) is 81.1 Å². The lowest BCUT2D eigenvalue weighted by Crippen LogP contribution is -2.41. The molecule has 1 saturated heterocycles. The summed E-state index contributed by atoms with van der Waals surface area (Å²) in [6.45, 7) is 8.84. The van der Waals surface area contributed by atoms with Gasteiger partial charge in [0.15, 0.2) is 5.82 Å². The monoisotopic (exact) mass is 640 g/mol. The van der Waals surface area contributed by atoms with Gasteiger partial charge in [0.05, 0.1) is 24.3 Å². The van der Waals surface area contributed by atoms with Crippen LogP contribution in [0.15, 0.2) is 18.5 Å². The van der Waals surface area contributed by atoms with E-state index in [2.05, 4.69) is 15.2 Å². The second kappa shape index (κ2) is 14.3. The summed E-state index contributed by atoms with van der Waals surface area (Å²) in [6.07, 6.45) is -2.16. The molecule has 3 rings (SSSR count). The number of nitrogens with one attached hydrogen (secondary N) is 1. The Labute approximate surface area is 255 Å². The third-order valence-corrected chi connectivity index (χ3v) is 8.88. The Kier molecular flexibility index (Phi) is 11.5. The Hall–Kier alpha value is -3.16. The maximum atomic E-state index is 13.8. The van der Waals surface area contributed by atoms with E-state index in [4.69, 9.17) is 29.0 Å². The van der Waals surface area contributed by atoms with Crippen molar-refractivity contribution in [1.29, 1.82) is 5.26 Å². The van der Waals surface area contributed by atoms with Crippen LogP contribution >= 0.6 is 7.75 Å². The SMILES string of the molecule is CCC(CC)COC(=O)[C@H](C)NP(=O)(OCOC(=O)C(C)(C)C)OC[C@H]1O[C@@](C#N)(c2ccc3c(N)ncnn23)[C@H](O)[C@@H]1O. The van der Waals surface area contributed by atoms with Gasteiger partial charge in [0, 0.05) is 0 Å². The number of hydrogen-bond donors (Lipinski definition) is 4. The molecule has 1 aliphatic rings. The highest BCUT2D eigenvalue weighted by atomic mass is 31.2. The maximum absolute atomic E-state index is 13.8. The molecule has 1 aliphatic heterocycles. The average molecular weight is 641 g/mol. The molecule has 16 nitrogen and oxygen atoms in total. The van der Waals surface area contributed by atoms with E-state index in [0.29, 0.717) is 5.52 Å². The van der Waals surface area contributed by atoms with Crippen molar-refractivity contribution in [2.45, 2.75) is 84.3 Å². The van der Waals surface area contributed by atoms with Crippen LogP contribution < -0.4 is 10.8 Å². The third kappa shape index (κ3) is 7.73. The number of nitrogens with two attached hydrogens (primary N) is 1. The zero-order valence-electron chi connectivity index (χ0n) is 25.6. The molecule has 0 aromatic carbocycles. The van der Waals surface area contributed by atoms with E-state index < -0.39 is 68.5 Å². The molecule has 1 fully saturated rings. The van der Waals surface area contributed by atoms with Gasteiger partial charge in [-0.2, -0.15) is 10.4 Å². The number of aliphatic hydroxyl groups excluding tert-OH is 2. The number of ether oxygens (including phenoxy) is 3. The van der Waals surface area contributed by atoms with Gasteiger partial charge in [-0.1, -0.05) is 26.7 Å². The average Bonchev–Trinajstić information content (AvgIpc) is 3.52. The summed E-state index contributed by atoms with van der Waals surface area (Å²) in [6, 6.07) is 3.66. The molecule has 17 heteroatoms. The van der Waals surface area contributed by atoms with E-state index in [0.717, 1.165) is 19.2 Å². The molecule has 2 aromatic heterocycles. The number of aromatic nitrogens is 3. The summed E-state index contributed by atoms with van der Waals surface area (Å²) in [4.78, 5) is 28.7. The lowest BCUT2D eigenvalue weighted by Gasteiger charge is -2.26. The molecule has 2 aromatic rings. The summed E-state index contributed by atoms with van der Waals surface area (Å²) in [7, 11) is -4.48. The number of nitriles is 1. The van der Waals surface area contributed by atoms with Crippen molar-refractivity contribution in [2.75, 3.05) is 25.7 Å². The molecule has 44 heavy (non-hydrogen) atoms. The summed E-state index contributed by atoms with van der Waals surface area (Å²) in [5, 5.41) is 38.5. The third-order valence-electron chi connectivity index (χ3n) is 7.24. The molecule has 0 saturated carbocycles. The fourth-order valence-corrected chi connectivity index (χ4v) is 5.68. The molecular formula is C27H41N6O10P. The van der Waals surface area contributed by atoms with Gasteiger partial charge in [-0.25, -0.2) is 19.2 Å². The fraction of sp³-hybridized carbons (Fsp3) is 0.667. The predicted molar refractivity (Wildman–Crippen MR) is 154 cm³/mol. The van der Waals surface area contributed by atoms with E-state index in [9.17, 15) is 29.6 Å². The van der Waals surface area contributed by atoms with E-state index in [1.165, 1.54) is 23.6 Å². The molecule has 1 unspecified atom stereocenters. The molecule has 5 N–H and O–H groups in total. The first-order valence-corrected chi connectivity index (χ1v) is 15.7. The number of carbonyl (C=O) groups is 2. The van der Waals surface area contributed by atoms with Crippen molar-refractivity contribution in [2.24, 2.45) is 11.3 Å². The van der Waals surface area contributed by atoms with Crippen LogP contribution in [-0.2, 0) is 43.0 Å². The smallest absolute Gasteiger partial charge is 0.409 e. The van der Waals surface area contributed by atoms with E-state index in [1.54, 1.807) is 20.8 Å². The highest BCUT2D eigenvalue weighted by Crippen LogP contribution is 2.47. The van der Waals surface area contributed by atoms with Crippen molar-refractivity contribution < 1.29 is 47.6 Å². The number of nitrogens with zero attached hydrogens (tertiary/aromatic N) is 4. The summed E-state index contributed by atoms with van der Waals surface area (Å²) < 4.78 is 42.1. The number of carbonyl (C=O) groups excluding carboxylic acids is 2. The Morgan fingerprint density at radius 2 is 1.93 bits per heavy atom. The molecule has 6 atom stereocenters. The van der Waals surface area contributed by atoms with Gasteiger partial charge < -0.3 is 30.2 Å². The molecular weight excluding hydrogens is 599 g/mol. The van der Waals surface area contributed by atoms with Gasteiger partial charge in [0.1, 0.15) is 42.3 Å². The van der Waals surface area contributed by atoms with Gasteiger partial charge in [-0.3, -0.25) is 18.6 Å². The normalized spacial score (nSPS) is 24.1. The van der Waals surface area contributed by atoms with Crippen molar-refractivity contribution in [3.05, 3.63) is 24.2 Å². The summed E-state index contributed by atoms with van der Waals surface area (Å²) in [5.74, 6) is -1.12. The second-order valence-corrected chi connectivity index (χ2v) is 13.3. The number of esters is 2. The van der Waals surface area contributed by atoms with E-state index in [-0.39, 0.29) is 24.0 Å². The number of hydrogen-bond acceptors (Lipinski definition) is 14. The number of anilines is 1. The predicted octanol–water partition coefficient (Wildman–Crippen LogP) is 1.80. The Morgan fingerprint density at radius 1 is 1.25 bits per heavy atom. The highest BCUT2D eigenvalue weighted by molar-refractivity contribution is 7.51. The van der Waals surface area contributed by atoms with E-state index >= 15 is 0 Å². The minimum absolute atomic E-state index is 0.0543. The lowest BCUT2D eigenvalue weighted by molar-refractivity contribution is -0.160. The first kappa shape index (κ1) is 35.3. The number of rotatable bonds is 14. The number of nitrogen functional groups attached to an aromatic ring is 1. The van der Waals surface area contributed by atoms with Crippen LogP contribution in [0.25, 0.3) is 5.52 Å². The molecule has 0 spiro atoms. The largest absolute Gasteiger partial charge is 0.464 e. The number of fused-ring (bicyclic) bond motifs is 1. The zero-order chi connectivity index (χ0) is 32.9. The first-order chi connectivity index (χ1) is 20.6. The zero-order valence-corrected chi connectivity index (χ0v) is 26.5. The first-order valence-electron chi connectivity index (χ1n) is 14.2. The van der Waals surface area contributed by atoms with Gasteiger partial charge in [-0.15, -0.1) is 0 Å². The van der Waals surface area contributed by atoms with Crippen molar-refractivity contribution in [3.8, 4) is 6.07 Å². The van der Waals surface area contributed by atoms with Crippen molar-refractivity contribution >= 4 is 31.0 Å². The van der Waals surface area contributed by atoms with Gasteiger partial charge in [0.2, 0.25) is 12.4 Å². The van der Waals surface area contributed by atoms with Crippen LogP contribution in [0.4, 0.5) is 5.82 Å². The van der Waals surface area contributed by atoms with E-state index in [1.807, 2.05) is 19.9 Å². The topological polar surface area (TPSA) is 230 Å². The molecule has 0 aliphatic carbocycles. The van der Waals surface area contributed by atoms with Crippen molar-refractivity contribution in [1.82, 2.24) is 19.7 Å². The highest BCUT2D eigenvalue weighted by Gasteiger charge is 2.58. The summed E-state index contributed by atoms with van der Waals surface area (Å²) in [5.41, 5.74) is 3.26. The Morgan fingerprint density at radius 3 is 2.55 bits per heavy atom. The van der Waals surface area contributed by atoms with Crippen LogP contribution in [0, 0.1) is 22.7 Å². The van der Waals surface area contributed by atoms with Crippen LogP contribution in [0.1, 0.15) is 60.1 Å².